The number of carbonyl (C=O) groups is 2. The third kappa shape index (κ3) is 35.6. The molecule has 1 aliphatic heterocycles. The minimum absolute atomic E-state index is 0.0409. The van der Waals surface area contributed by atoms with E-state index in [4.69, 9.17) is 29.0 Å². The van der Waals surface area contributed by atoms with Crippen molar-refractivity contribution in [2.24, 2.45) is 5.73 Å². The van der Waals surface area contributed by atoms with E-state index >= 15 is 0 Å². The average Bonchev–Trinajstić information content (AvgIpc) is 3.97. The van der Waals surface area contributed by atoms with E-state index in [2.05, 4.69) is 68.5 Å². The number of phosphoric ester groups is 1. The first-order chi connectivity index (χ1) is 28.3. The minimum atomic E-state index is -4.40. The molecular weight excluding hydrogens is 753 g/mol. The third-order valence-corrected chi connectivity index (χ3v) is 10.8. The van der Waals surface area contributed by atoms with Crippen molar-refractivity contribution < 1.29 is 42.3 Å². The molecule has 10 nitrogen and oxygen atoms in total. The Morgan fingerprint density at radius 2 is 1.07 bits per heavy atom. The van der Waals surface area contributed by atoms with E-state index in [-0.39, 0.29) is 32.6 Å². The Balaban J connectivity index is 2.20. The summed E-state index contributed by atoms with van der Waals surface area (Å²) in [6.07, 6.45) is 48.5. The number of rotatable bonds is 41. The SMILES string of the molecule is CCCCC/C=C\C/C=C\CCCCCCCCCCCC(=O)O[C@H](COC(=O)CCC/C=C\C/C=C\CC1OC1C/C=C\CCCCC)COP(=O)(O)OCCN. The van der Waals surface area contributed by atoms with Crippen molar-refractivity contribution in [2.45, 2.75) is 199 Å². The summed E-state index contributed by atoms with van der Waals surface area (Å²) in [5.41, 5.74) is 5.35. The van der Waals surface area contributed by atoms with Crippen LogP contribution in [0.1, 0.15) is 181 Å². The maximum Gasteiger partial charge on any atom is 0.472 e. The van der Waals surface area contributed by atoms with E-state index in [0.717, 1.165) is 64.2 Å². The highest BCUT2D eigenvalue weighted by atomic mass is 31.2. The molecule has 1 aliphatic rings. The quantitative estimate of drug-likeness (QED) is 0.0200. The van der Waals surface area contributed by atoms with Gasteiger partial charge in [0.25, 0.3) is 0 Å². The molecular formula is C47H82NO9P. The van der Waals surface area contributed by atoms with Crippen molar-refractivity contribution in [3.05, 3.63) is 60.8 Å². The molecule has 3 N–H and O–H groups in total. The van der Waals surface area contributed by atoms with Gasteiger partial charge in [-0.05, 0) is 83.5 Å². The Morgan fingerprint density at radius 3 is 1.64 bits per heavy atom. The molecule has 334 valence electrons. The fourth-order valence-corrected chi connectivity index (χ4v) is 6.99. The van der Waals surface area contributed by atoms with Crippen LogP contribution in [0.15, 0.2) is 60.8 Å². The molecule has 4 atom stereocenters. The molecule has 3 unspecified atom stereocenters. The Hall–Kier alpha value is -2.33. The lowest BCUT2D eigenvalue weighted by Gasteiger charge is -2.19. The van der Waals surface area contributed by atoms with Gasteiger partial charge in [0.05, 0.1) is 25.4 Å². The van der Waals surface area contributed by atoms with Crippen LogP contribution in [-0.4, -0.2) is 61.5 Å². The van der Waals surface area contributed by atoms with Gasteiger partial charge in [0, 0.05) is 19.4 Å². The lowest BCUT2D eigenvalue weighted by atomic mass is 10.1. The summed E-state index contributed by atoms with van der Waals surface area (Å²) in [6, 6.07) is 0. The summed E-state index contributed by atoms with van der Waals surface area (Å²) in [5, 5.41) is 0. The maximum atomic E-state index is 12.6. The number of hydrogen-bond donors (Lipinski definition) is 2. The normalized spacial score (nSPS) is 17.3. The molecule has 0 aromatic rings. The topological polar surface area (TPSA) is 147 Å². The maximum absolute atomic E-state index is 12.6. The van der Waals surface area contributed by atoms with E-state index in [1.165, 1.54) is 77.0 Å². The van der Waals surface area contributed by atoms with Crippen molar-refractivity contribution in [3.63, 3.8) is 0 Å². The van der Waals surface area contributed by atoms with Gasteiger partial charge in [0.15, 0.2) is 6.10 Å². The number of hydrogen-bond acceptors (Lipinski definition) is 9. The summed E-state index contributed by atoms with van der Waals surface area (Å²) in [7, 11) is -4.40. The first kappa shape index (κ1) is 53.7. The Labute approximate surface area is 353 Å². The highest BCUT2D eigenvalue weighted by Crippen LogP contribution is 2.43. The van der Waals surface area contributed by atoms with Crippen LogP contribution >= 0.6 is 7.82 Å². The minimum Gasteiger partial charge on any atom is -0.462 e. The fraction of sp³-hybridized carbons (Fsp3) is 0.745. The molecule has 1 saturated heterocycles. The Morgan fingerprint density at radius 1 is 0.603 bits per heavy atom. The van der Waals surface area contributed by atoms with E-state index in [9.17, 15) is 19.0 Å². The zero-order chi connectivity index (χ0) is 42.2. The summed E-state index contributed by atoms with van der Waals surface area (Å²) < 4.78 is 38.5. The van der Waals surface area contributed by atoms with Crippen LogP contribution < -0.4 is 5.73 Å². The standard InChI is InChI=1S/C47H82NO9P/c1-3-5-7-9-11-12-13-14-15-16-17-18-19-20-21-22-25-30-34-38-47(50)56-43(42-55-58(51,52)54-40-39-48)41-53-46(49)37-33-29-26-23-24-28-32-36-45-44(57-45)35-31-27-10-8-6-4-2/h11-12,14-15,23,26-28,31-32,43-45H,3-10,13,16-22,24-25,29-30,33-42,48H2,1-2H3,(H,51,52)/b12-11-,15-14-,26-23-,31-27-,32-28-/t43-,44?,45?/m1/s1. The molecule has 0 aromatic carbocycles. The van der Waals surface area contributed by atoms with Crippen LogP contribution in [0.5, 0.6) is 0 Å². The van der Waals surface area contributed by atoms with Crippen LogP contribution in [0.2, 0.25) is 0 Å². The number of epoxide rings is 1. The van der Waals surface area contributed by atoms with Crippen LogP contribution in [0, 0.1) is 0 Å². The number of nitrogens with two attached hydrogens (primary N) is 1. The fourth-order valence-electron chi connectivity index (χ4n) is 6.23. The van der Waals surface area contributed by atoms with Crippen LogP contribution in [0.3, 0.4) is 0 Å². The lowest BCUT2D eigenvalue weighted by Crippen LogP contribution is -2.29. The van der Waals surface area contributed by atoms with Gasteiger partial charge >= 0.3 is 19.8 Å². The summed E-state index contributed by atoms with van der Waals surface area (Å²) in [6.45, 7) is 3.60. The van der Waals surface area contributed by atoms with Gasteiger partial charge in [0.2, 0.25) is 0 Å². The molecule has 0 aromatic heterocycles. The smallest absolute Gasteiger partial charge is 0.462 e. The predicted molar refractivity (Wildman–Crippen MR) is 237 cm³/mol. The zero-order valence-corrected chi connectivity index (χ0v) is 37.4. The highest BCUT2D eigenvalue weighted by molar-refractivity contribution is 7.47. The second-order valence-corrected chi connectivity index (χ2v) is 16.8. The van der Waals surface area contributed by atoms with Crippen molar-refractivity contribution in [1.29, 1.82) is 0 Å². The third-order valence-electron chi connectivity index (χ3n) is 9.78. The molecule has 11 heteroatoms. The van der Waals surface area contributed by atoms with E-state index in [1.807, 2.05) is 6.08 Å². The number of carbonyl (C=O) groups excluding carboxylic acids is 2. The van der Waals surface area contributed by atoms with E-state index in [1.54, 1.807) is 0 Å². The molecule has 1 rings (SSSR count). The van der Waals surface area contributed by atoms with Gasteiger partial charge in [-0.3, -0.25) is 18.6 Å². The molecule has 1 heterocycles. The molecule has 0 bridgehead atoms. The van der Waals surface area contributed by atoms with Gasteiger partial charge in [0.1, 0.15) is 6.61 Å². The second kappa shape index (κ2) is 38.8. The highest BCUT2D eigenvalue weighted by Gasteiger charge is 2.36. The molecule has 0 amide bonds. The Bertz CT molecular complexity index is 1200. The lowest BCUT2D eigenvalue weighted by molar-refractivity contribution is -0.161. The summed E-state index contributed by atoms with van der Waals surface area (Å²) in [5.74, 6) is -0.907. The average molecular weight is 836 g/mol. The van der Waals surface area contributed by atoms with Crippen LogP contribution in [0.4, 0.5) is 0 Å². The number of allylic oxidation sites excluding steroid dienone is 8. The van der Waals surface area contributed by atoms with Crippen molar-refractivity contribution >= 4 is 19.8 Å². The number of unbranched alkanes of at least 4 members (excludes halogenated alkanes) is 16. The van der Waals surface area contributed by atoms with Crippen molar-refractivity contribution in [3.8, 4) is 0 Å². The molecule has 0 aliphatic carbocycles. The first-order valence-corrected chi connectivity index (χ1v) is 24.4. The Kier molecular flexibility index (Phi) is 36.0. The monoisotopic (exact) mass is 836 g/mol. The zero-order valence-electron chi connectivity index (χ0n) is 36.5. The van der Waals surface area contributed by atoms with Gasteiger partial charge < -0.3 is 24.8 Å². The van der Waals surface area contributed by atoms with Gasteiger partial charge in [-0.15, -0.1) is 0 Å². The number of ether oxygens (including phenoxy) is 3. The summed E-state index contributed by atoms with van der Waals surface area (Å²) in [4.78, 5) is 34.9. The summed E-state index contributed by atoms with van der Waals surface area (Å²) >= 11 is 0. The van der Waals surface area contributed by atoms with E-state index < -0.39 is 32.5 Å². The molecule has 0 saturated carbocycles. The van der Waals surface area contributed by atoms with Gasteiger partial charge in [-0.25, -0.2) is 4.57 Å². The predicted octanol–water partition coefficient (Wildman–Crippen LogP) is 12.3. The van der Waals surface area contributed by atoms with Crippen LogP contribution in [-0.2, 0) is 37.4 Å². The van der Waals surface area contributed by atoms with Crippen molar-refractivity contribution in [2.75, 3.05) is 26.4 Å². The first-order valence-electron chi connectivity index (χ1n) is 22.9. The molecule has 1 fully saturated rings. The van der Waals surface area contributed by atoms with Crippen LogP contribution in [0.25, 0.3) is 0 Å². The molecule has 0 spiro atoms. The largest absolute Gasteiger partial charge is 0.472 e. The second-order valence-electron chi connectivity index (χ2n) is 15.3. The number of esters is 2. The van der Waals surface area contributed by atoms with Crippen molar-refractivity contribution in [1.82, 2.24) is 0 Å². The molecule has 58 heavy (non-hydrogen) atoms. The van der Waals surface area contributed by atoms with Gasteiger partial charge in [-0.1, -0.05) is 145 Å². The molecule has 0 radical (unpaired) electrons. The number of phosphoric acid groups is 1. The van der Waals surface area contributed by atoms with Gasteiger partial charge in [-0.2, -0.15) is 0 Å². The van der Waals surface area contributed by atoms with E-state index in [0.29, 0.717) is 25.0 Å².